The highest BCUT2D eigenvalue weighted by molar-refractivity contribution is 7.92. The molecule has 2 aromatic carbocycles. The van der Waals surface area contributed by atoms with Crippen molar-refractivity contribution in [2.24, 2.45) is 0 Å². The van der Waals surface area contributed by atoms with Gasteiger partial charge in [-0.05, 0) is 66.6 Å². The topological polar surface area (TPSA) is 107 Å². The number of anilines is 1. The van der Waals surface area contributed by atoms with Gasteiger partial charge in [0.2, 0.25) is 0 Å². The molecule has 1 aromatic heterocycles. The van der Waals surface area contributed by atoms with Crippen LogP contribution < -0.4 is 19.5 Å². The van der Waals surface area contributed by atoms with Crippen LogP contribution in [0.25, 0.3) is 0 Å². The number of carbonyl (C=O) groups excluding carboxylic acids is 1. The predicted octanol–water partition coefficient (Wildman–Crippen LogP) is 2.89. The molecular weight excluding hydrogens is 418 g/mol. The molecule has 1 heterocycles. The minimum atomic E-state index is -3.77. The summed E-state index contributed by atoms with van der Waals surface area (Å²) in [5.74, 6) is 0.769. The minimum absolute atomic E-state index is 0.0918. The molecule has 31 heavy (non-hydrogen) atoms. The number of hydrogen-bond acceptors (Lipinski definition) is 6. The van der Waals surface area contributed by atoms with Crippen molar-refractivity contribution >= 4 is 21.6 Å². The van der Waals surface area contributed by atoms with E-state index in [0.717, 1.165) is 5.56 Å². The first-order valence-corrected chi connectivity index (χ1v) is 10.9. The van der Waals surface area contributed by atoms with Crippen molar-refractivity contribution in [2.45, 2.75) is 18.4 Å². The second-order valence-corrected chi connectivity index (χ2v) is 8.37. The first-order valence-electron chi connectivity index (χ1n) is 9.43. The second kappa shape index (κ2) is 9.94. The summed E-state index contributed by atoms with van der Waals surface area (Å²) in [4.78, 5) is 16.1. The van der Waals surface area contributed by atoms with Crippen molar-refractivity contribution in [3.63, 3.8) is 0 Å². The van der Waals surface area contributed by atoms with E-state index in [1.54, 1.807) is 49.6 Å². The number of nitrogens with one attached hydrogen (secondary N) is 2. The molecule has 1 amide bonds. The zero-order valence-corrected chi connectivity index (χ0v) is 18.0. The number of carbonyl (C=O) groups is 1. The first-order chi connectivity index (χ1) is 14.9. The van der Waals surface area contributed by atoms with Crippen LogP contribution in [0.15, 0.2) is 71.9 Å². The molecule has 2 N–H and O–H groups in total. The van der Waals surface area contributed by atoms with E-state index in [1.807, 2.05) is 6.07 Å². The number of rotatable bonds is 9. The summed E-state index contributed by atoms with van der Waals surface area (Å²) in [6.07, 6.45) is 3.33. The van der Waals surface area contributed by atoms with Gasteiger partial charge in [0.25, 0.3) is 15.9 Å². The molecule has 0 bridgehead atoms. The third-order valence-corrected chi connectivity index (χ3v) is 5.75. The predicted molar refractivity (Wildman–Crippen MR) is 117 cm³/mol. The Morgan fingerprint density at radius 2 is 1.87 bits per heavy atom. The van der Waals surface area contributed by atoms with Crippen LogP contribution >= 0.6 is 0 Å². The standard InChI is InChI=1S/C22H23N3O5S/c1-16-12-20(31(27,28)25-18-5-7-19(29-2)8-6-18)9-10-21(16)30-15-22(26)24-14-17-4-3-11-23-13-17/h3-13,25H,14-15H2,1-2H3,(H,24,26). The van der Waals surface area contributed by atoms with E-state index in [0.29, 0.717) is 29.3 Å². The van der Waals surface area contributed by atoms with Crippen LogP contribution in [0.3, 0.4) is 0 Å². The number of ether oxygens (including phenoxy) is 2. The fraction of sp³-hybridized carbons (Fsp3) is 0.182. The van der Waals surface area contributed by atoms with Crippen LogP contribution in [0.1, 0.15) is 11.1 Å². The lowest BCUT2D eigenvalue weighted by atomic mass is 10.2. The highest BCUT2D eigenvalue weighted by Crippen LogP contribution is 2.24. The molecule has 162 valence electrons. The van der Waals surface area contributed by atoms with Gasteiger partial charge in [-0.3, -0.25) is 14.5 Å². The normalized spacial score (nSPS) is 10.9. The van der Waals surface area contributed by atoms with Crippen LogP contribution in [0, 0.1) is 6.92 Å². The molecule has 0 aliphatic carbocycles. The molecule has 0 saturated carbocycles. The molecule has 0 radical (unpaired) electrons. The number of aromatic nitrogens is 1. The SMILES string of the molecule is COc1ccc(NS(=O)(=O)c2ccc(OCC(=O)NCc3cccnc3)c(C)c2)cc1. The van der Waals surface area contributed by atoms with Crippen molar-refractivity contribution in [3.8, 4) is 11.5 Å². The third kappa shape index (κ3) is 6.19. The van der Waals surface area contributed by atoms with Crippen molar-refractivity contribution in [2.75, 3.05) is 18.4 Å². The van der Waals surface area contributed by atoms with Crippen LogP contribution in [-0.2, 0) is 21.4 Å². The maximum atomic E-state index is 12.7. The molecular formula is C22H23N3O5S. The molecule has 0 fully saturated rings. The number of nitrogens with zero attached hydrogens (tertiary/aromatic N) is 1. The van der Waals surface area contributed by atoms with Gasteiger partial charge in [0, 0.05) is 24.6 Å². The van der Waals surface area contributed by atoms with E-state index in [-0.39, 0.29) is 17.4 Å². The maximum absolute atomic E-state index is 12.7. The summed E-state index contributed by atoms with van der Waals surface area (Å²) in [6.45, 7) is 1.88. The van der Waals surface area contributed by atoms with Crippen molar-refractivity contribution in [3.05, 3.63) is 78.1 Å². The van der Waals surface area contributed by atoms with E-state index in [2.05, 4.69) is 15.0 Å². The largest absolute Gasteiger partial charge is 0.497 e. The highest BCUT2D eigenvalue weighted by atomic mass is 32.2. The molecule has 0 atom stereocenters. The van der Waals surface area contributed by atoms with Gasteiger partial charge in [-0.25, -0.2) is 8.42 Å². The summed E-state index contributed by atoms with van der Waals surface area (Å²) >= 11 is 0. The van der Waals surface area contributed by atoms with Crippen molar-refractivity contribution in [1.82, 2.24) is 10.3 Å². The zero-order chi connectivity index (χ0) is 22.3. The molecule has 3 rings (SSSR count). The lowest BCUT2D eigenvalue weighted by Gasteiger charge is -2.12. The number of amides is 1. The van der Waals surface area contributed by atoms with Crippen molar-refractivity contribution < 1.29 is 22.7 Å². The number of aryl methyl sites for hydroxylation is 1. The fourth-order valence-electron chi connectivity index (χ4n) is 2.72. The number of benzene rings is 2. The Kier molecular flexibility index (Phi) is 7.09. The second-order valence-electron chi connectivity index (χ2n) is 6.69. The smallest absolute Gasteiger partial charge is 0.261 e. The Bertz CT molecular complexity index is 1130. The summed E-state index contributed by atoms with van der Waals surface area (Å²) in [6, 6.07) is 14.7. The van der Waals surface area contributed by atoms with Crippen LogP contribution in [0.2, 0.25) is 0 Å². The van der Waals surface area contributed by atoms with Gasteiger partial charge in [-0.2, -0.15) is 0 Å². The van der Waals surface area contributed by atoms with E-state index in [1.165, 1.54) is 25.3 Å². The van der Waals surface area contributed by atoms with Crippen LogP contribution in [-0.4, -0.2) is 33.0 Å². The Labute approximate surface area is 181 Å². The lowest BCUT2D eigenvalue weighted by Crippen LogP contribution is -2.28. The molecule has 3 aromatic rings. The molecule has 0 aliphatic rings. The molecule has 8 nitrogen and oxygen atoms in total. The quantitative estimate of drug-likeness (QED) is 0.529. The van der Waals surface area contributed by atoms with Gasteiger partial charge in [-0.15, -0.1) is 0 Å². The Morgan fingerprint density at radius 3 is 2.52 bits per heavy atom. The number of hydrogen-bond donors (Lipinski definition) is 2. The molecule has 0 unspecified atom stereocenters. The Morgan fingerprint density at radius 1 is 1.10 bits per heavy atom. The molecule has 0 saturated heterocycles. The number of sulfonamides is 1. The molecule has 0 aliphatic heterocycles. The van der Waals surface area contributed by atoms with E-state index < -0.39 is 10.0 Å². The zero-order valence-electron chi connectivity index (χ0n) is 17.2. The van der Waals surface area contributed by atoms with Crippen LogP contribution in [0.5, 0.6) is 11.5 Å². The van der Waals surface area contributed by atoms with Gasteiger partial charge < -0.3 is 14.8 Å². The number of pyridine rings is 1. The van der Waals surface area contributed by atoms with E-state index in [9.17, 15) is 13.2 Å². The summed E-state index contributed by atoms with van der Waals surface area (Å²) in [5, 5.41) is 2.74. The van der Waals surface area contributed by atoms with Gasteiger partial charge in [0.15, 0.2) is 6.61 Å². The Balaban J connectivity index is 1.58. The molecule has 0 spiro atoms. The summed E-state index contributed by atoms with van der Waals surface area (Å²) in [5.41, 5.74) is 1.90. The highest BCUT2D eigenvalue weighted by Gasteiger charge is 2.16. The van der Waals surface area contributed by atoms with Crippen LogP contribution in [0.4, 0.5) is 5.69 Å². The minimum Gasteiger partial charge on any atom is -0.497 e. The van der Waals surface area contributed by atoms with E-state index >= 15 is 0 Å². The lowest BCUT2D eigenvalue weighted by molar-refractivity contribution is -0.123. The summed E-state index contributed by atoms with van der Waals surface area (Å²) in [7, 11) is -2.24. The van der Waals surface area contributed by atoms with Gasteiger partial charge >= 0.3 is 0 Å². The van der Waals surface area contributed by atoms with Gasteiger partial charge in [-0.1, -0.05) is 6.07 Å². The average Bonchev–Trinajstić information content (AvgIpc) is 2.77. The van der Waals surface area contributed by atoms with E-state index in [4.69, 9.17) is 9.47 Å². The first kappa shape index (κ1) is 22.1. The van der Waals surface area contributed by atoms with Crippen molar-refractivity contribution in [1.29, 1.82) is 0 Å². The van der Waals surface area contributed by atoms with Gasteiger partial charge in [0.1, 0.15) is 11.5 Å². The maximum Gasteiger partial charge on any atom is 0.261 e. The molecule has 9 heteroatoms. The number of methoxy groups -OCH3 is 1. The third-order valence-electron chi connectivity index (χ3n) is 4.37. The Hall–Kier alpha value is -3.59. The average molecular weight is 442 g/mol. The van der Waals surface area contributed by atoms with Gasteiger partial charge in [0.05, 0.1) is 12.0 Å². The fourth-order valence-corrected chi connectivity index (χ4v) is 3.87. The summed E-state index contributed by atoms with van der Waals surface area (Å²) < 4.78 is 38.4. The monoisotopic (exact) mass is 441 g/mol.